The molecule has 0 radical (unpaired) electrons. The van der Waals surface area contributed by atoms with Gasteiger partial charge in [-0.1, -0.05) is 44.2 Å². The van der Waals surface area contributed by atoms with E-state index >= 15 is 0 Å². The van der Waals surface area contributed by atoms with Crippen molar-refractivity contribution in [2.24, 2.45) is 13.0 Å². The fraction of sp³-hybridized carbons (Fsp3) is 0.857. The van der Waals surface area contributed by atoms with Crippen LogP contribution in [0.15, 0.2) is 6.20 Å². The molecule has 1 aromatic rings. The van der Waals surface area contributed by atoms with E-state index in [1.54, 1.807) is 0 Å². The van der Waals surface area contributed by atoms with Crippen LogP contribution in [0.25, 0.3) is 0 Å². The SMILES string of the molecule is CCNC(c1cnnn1C)C1CCCCCCC1. The Morgan fingerprint density at radius 1 is 1.28 bits per heavy atom. The zero-order chi connectivity index (χ0) is 12.8. The number of hydrogen-bond acceptors (Lipinski definition) is 3. The number of nitrogens with zero attached hydrogens (tertiary/aromatic N) is 3. The van der Waals surface area contributed by atoms with Crippen LogP contribution in [0, 0.1) is 5.92 Å². The van der Waals surface area contributed by atoms with E-state index in [4.69, 9.17) is 0 Å². The van der Waals surface area contributed by atoms with Crippen molar-refractivity contribution in [2.45, 2.75) is 57.9 Å². The first-order valence-electron chi connectivity index (χ1n) is 7.41. The zero-order valence-corrected chi connectivity index (χ0v) is 11.7. The van der Waals surface area contributed by atoms with Gasteiger partial charge in [-0.2, -0.15) is 0 Å². The third kappa shape index (κ3) is 3.31. The highest BCUT2D eigenvalue weighted by atomic mass is 15.4. The molecule has 0 amide bonds. The summed E-state index contributed by atoms with van der Waals surface area (Å²) in [5, 5.41) is 11.8. The summed E-state index contributed by atoms with van der Waals surface area (Å²) in [6.07, 6.45) is 11.6. The van der Waals surface area contributed by atoms with Gasteiger partial charge in [-0.05, 0) is 25.3 Å². The number of nitrogens with one attached hydrogen (secondary N) is 1. The molecule has 0 aromatic carbocycles. The van der Waals surface area contributed by atoms with Crippen LogP contribution in [0.1, 0.15) is 63.6 Å². The van der Waals surface area contributed by atoms with Gasteiger partial charge in [0.25, 0.3) is 0 Å². The predicted molar refractivity (Wildman–Crippen MR) is 73.2 cm³/mol. The Morgan fingerprint density at radius 3 is 2.50 bits per heavy atom. The van der Waals surface area contributed by atoms with Crippen LogP contribution in [0.3, 0.4) is 0 Å². The van der Waals surface area contributed by atoms with Crippen LogP contribution >= 0.6 is 0 Å². The molecule has 0 aliphatic heterocycles. The smallest absolute Gasteiger partial charge is 0.0756 e. The molecule has 1 aliphatic carbocycles. The maximum atomic E-state index is 4.08. The van der Waals surface area contributed by atoms with Crippen molar-refractivity contribution < 1.29 is 0 Å². The predicted octanol–water partition coefficient (Wildman–Crippen LogP) is 2.83. The van der Waals surface area contributed by atoms with Gasteiger partial charge in [-0.3, -0.25) is 4.68 Å². The Kier molecular flexibility index (Phi) is 5.17. The van der Waals surface area contributed by atoms with Crippen molar-refractivity contribution in [3.8, 4) is 0 Å². The Morgan fingerprint density at radius 2 is 1.94 bits per heavy atom. The normalized spacial score (nSPS) is 20.3. The third-order valence-electron chi connectivity index (χ3n) is 4.11. The molecule has 0 spiro atoms. The lowest BCUT2D eigenvalue weighted by atomic mass is 9.84. The lowest BCUT2D eigenvalue weighted by Gasteiger charge is -2.29. The van der Waals surface area contributed by atoms with Crippen molar-refractivity contribution >= 4 is 0 Å². The Balaban J connectivity index is 2.10. The van der Waals surface area contributed by atoms with Crippen LogP contribution in [-0.4, -0.2) is 21.5 Å². The molecule has 0 bridgehead atoms. The quantitative estimate of drug-likeness (QED) is 0.893. The van der Waals surface area contributed by atoms with Crippen LogP contribution in [0.2, 0.25) is 0 Å². The highest BCUT2D eigenvalue weighted by Gasteiger charge is 2.25. The first-order valence-corrected chi connectivity index (χ1v) is 7.41. The van der Waals surface area contributed by atoms with Gasteiger partial charge in [-0.25, -0.2) is 0 Å². The van der Waals surface area contributed by atoms with Gasteiger partial charge in [-0.15, -0.1) is 5.10 Å². The topological polar surface area (TPSA) is 42.7 Å². The minimum absolute atomic E-state index is 0.424. The van der Waals surface area contributed by atoms with Gasteiger partial charge >= 0.3 is 0 Å². The molecule has 4 heteroatoms. The monoisotopic (exact) mass is 250 g/mol. The second-order valence-electron chi connectivity index (χ2n) is 5.42. The molecule has 1 aliphatic rings. The average molecular weight is 250 g/mol. The third-order valence-corrected chi connectivity index (χ3v) is 4.11. The summed E-state index contributed by atoms with van der Waals surface area (Å²) >= 11 is 0. The molecule has 1 aromatic heterocycles. The van der Waals surface area contributed by atoms with Gasteiger partial charge in [0, 0.05) is 7.05 Å². The molecular weight excluding hydrogens is 224 g/mol. The molecule has 1 atom stereocenters. The van der Waals surface area contributed by atoms with E-state index in [1.165, 1.54) is 50.6 Å². The fourth-order valence-electron chi connectivity index (χ4n) is 3.13. The zero-order valence-electron chi connectivity index (χ0n) is 11.7. The van der Waals surface area contributed by atoms with E-state index < -0.39 is 0 Å². The second-order valence-corrected chi connectivity index (χ2v) is 5.42. The number of hydrogen-bond donors (Lipinski definition) is 1. The lowest BCUT2D eigenvalue weighted by molar-refractivity contribution is 0.282. The van der Waals surface area contributed by atoms with Gasteiger partial charge in [0.05, 0.1) is 17.9 Å². The Labute approximate surface area is 110 Å². The maximum Gasteiger partial charge on any atom is 0.0756 e. The van der Waals surface area contributed by atoms with E-state index in [9.17, 15) is 0 Å². The number of aromatic nitrogens is 3. The lowest BCUT2D eigenvalue weighted by Crippen LogP contribution is -2.30. The van der Waals surface area contributed by atoms with Crippen LogP contribution < -0.4 is 5.32 Å². The molecular formula is C14H26N4. The van der Waals surface area contributed by atoms with Crippen molar-refractivity contribution in [3.63, 3.8) is 0 Å². The van der Waals surface area contributed by atoms with E-state index in [1.807, 2.05) is 17.9 Å². The molecule has 1 unspecified atom stereocenters. The minimum atomic E-state index is 0.424. The molecule has 2 rings (SSSR count). The summed E-state index contributed by atoms with van der Waals surface area (Å²) in [5.41, 5.74) is 1.24. The van der Waals surface area contributed by atoms with E-state index in [0.29, 0.717) is 6.04 Å². The van der Waals surface area contributed by atoms with Gasteiger partial charge in [0.2, 0.25) is 0 Å². The highest BCUT2D eigenvalue weighted by Crippen LogP contribution is 2.32. The van der Waals surface area contributed by atoms with Crippen LogP contribution in [0.4, 0.5) is 0 Å². The minimum Gasteiger partial charge on any atom is -0.309 e. The molecule has 0 saturated heterocycles. The summed E-state index contributed by atoms with van der Waals surface area (Å²) < 4.78 is 1.92. The van der Waals surface area contributed by atoms with Crippen LogP contribution in [0.5, 0.6) is 0 Å². The van der Waals surface area contributed by atoms with Crippen molar-refractivity contribution in [2.75, 3.05) is 6.54 Å². The summed E-state index contributed by atoms with van der Waals surface area (Å²) in [4.78, 5) is 0. The molecule has 102 valence electrons. The molecule has 1 N–H and O–H groups in total. The van der Waals surface area contributed by atoms with Crippen molar-refractivity contribution in [1.82, 2.24) is 20.3 Å². The average Bonchev–Trinajstić information content (AvgIpc) is 2.73. The number of rotatable bonds is 4. The standard InChI is InChI=1S/C14H26N4/c1-3-15-14(13-11-16-17-18(13)2)12-9-7-5-4-6-8-10-12/h11-12,14-15H,3-10H2,1-2H3. The molecule has 1 heterocycles. The van der Waals surface area contributed by atoms with Crippen molar-refractivity contribution in [1.29, 1.82) is 0 Å². The highest BCUT2D eigenvalue weighted by molar-refractivity contribution is 5.04. The molecule has 1 fully saturated rings. The summed E-state index contributed by atoms with van der Waals surface area (Å²) in [6, 6.07) is 0.424. The second kappa shape index (κ2) is 6.88. The van der Waals surface area contributed by atoms with E-state index in [0.717, 1.165) is 12.5 Å². The summed E-state index contributed by atoms with van der Waals surface area (Å²) in [5.74, 6) is 0.738. The maximum absolute atomic E-state index is 4.08. The first kappa shape index (κ1) is 13.5. The fourth-order valence-corrected chi connectivity index (χ4v) is 3.13. The molecule has 18 heavy (non-hydrogen) atoms. The number of aryl methyl sites for hydroxylation is 1. The van der Waals surface area contributed by atoms with Gasteiger partial charge in [0.15, 0.2) is 0 Å². The summed E-state index contributed by atoms with van der Waals surface area (Å²) in [7, 11) is 2.00. The van der Waals surface area contributed by atoms with E-state index in [2.05, 4.69) is 22.6 Å². The van der Waals surface area contributed by atoms with Crippen LogP contribution in [-0.2, 0) is 7.05 Å². The molecule has 4 nitrogen and oxygen atoms in total. The van der Waals surface area contributed by atoms with E-state index in [-0.39, 0.29) is 0 Å². The molecule has 1 saturated carbocycles. The summed E-state index contributed by atoms with van der Waals surface area (Å²) in [6.45, 7) is 3.19. The van der Waals surface area contributed by atoms with Crippen molar-refractivity contribution in [3.05, 3.63) is 11.9 Å². The Bertz CT molecular complexity index is 339. The largest absolute Gasteiger partial charge is 0.309 e. The van der Waals surface area contributed by atoms with Gasteiger partial charge < -0.3 is 5.32 Å². The Hall–Kier alpha value is -0.900. The first-order chi connectivity index (χ1) is 8.83. The van der Waals surface area contributed by atoms with Gasteiger partial charge in [0.1, 0.15) is 0 Å².